The van der Waals surface area contributed by atoms with Crippen LogP contribution in [0.4, 0.5) is 9.18 Å². The first-order valence-corrected chi connectivity index (χ1v) is 11.6. The molecule has 1 N–H and O–H groups in total. The zero-order valence-electron chi connectivity index (χ0n) is 19.9. The number of nitriles is 1. The van der Waals surface area contributed by atoms with E-state index in [1.165, 1.54) is 11.0 Å². The molecule has 1 saturated carbocycles. The molecule has 2 bridgehead atoms. The Balaban J connectivity index is 1.45. The Morgan fingerprint density at radius 2 is 2.06 bits per heavy atom. The van der Waals surface area contributed by atoms with Crippen LogP contribution in [0.15, 0.2) is 34.7 Å². The van der Waals surface area contributed by atoms with Gasteiger partial charge in [0.1, 0.15) is 35.0 Å². The van der Waals surface area contributed by atoms with E-state index in [9.17, 15) is 19.2 Å². The van der Waals surface area contributed by atoms with Crippen LogP contribution >= 0.6 is 0 Å². The van der Waals surface area contributed by atoms with E-state index in [4.69, 9.17) is 9.15 Å². The van der Waals surface area contributed by atoms with Crippen molar-refractivity contribution in [3.05, 3.63) is 47.5 Å². The second-order valence-electron chi connectivity index (χ2n) is 10.2. The number of carbonyl (C=O) groups is 2. The number of fused-ring (bicyclic) bond motifs is 2. The van der Waals surface area contributed by atoms with Gasteiger partial charge in [0.25, 0.3) is 0 Å². The first-order valence-electron chi connectivity index (χ1n) is 11.6. The minimum Gasteiger partial charge on any atom is -0.461 e. The van der Waals surface area contributed by atoms with Crippen molar-refractivity contribution in [2.24, 2.45) is 5.92 Å². The van der Waals surface area contributed by atoms with Gasteiger partial charge >= 0.3 is 6.09 Å². The number of nitrogens with zero attached hydrogens (tertiary/aromatic N) is 2. The molecule has 1 aromatic heterocycles. The lowest BCUT2D eigenvalue weighted by Gasteiger charge is -2.35. The summed E-state index contributed by atoms with van der Waals surface area (Å²) in [5.74, 6) is 0.452. The molecule has 4 atom stereocenters. The van der Waals surface area contributed by atoms with Gasteiger partial charge in [-0.25, -0.2) is 9.18 Å². The van der Waals surface area contributed by atoms with Crippen LogP contribution in [0, 0.1) is 30.0 Å². The SMILES string of the molecule is Cc1ccc(-c2ccc(C[C@@H](C#N)NC(=O)[C@@H]3[C@H]4CC[C@H](C4)N3C(=O)OC(C)(C)C)c(F)c2)o1. The predicted octanol–water partition coefficient (Wildman–Crippen LogP) is 4.73. The highest BCUT2D eigenvalue weighted by atomic mass is 19.1. The molecule has 1 aromatic carbocycles. The normalized spacial score (nSPS) is 22.4. The van der Waals surface area contributed by atoms with Gasteiger partial charge in [0.2, 0.25) is 5.91 Å². The van der Waals surface area contributed by atoms with Crippen molar-refractivity contribution >= 4 is 12.0 Å². The summed E-state index contributed by atoms with van der Waals surface area (Å²) in [6, 6.07) is 8.68. The van der Waals surface area contributed by atoms with Crippen LogP contribution < -0.4 is 5.32 Å². The van der Waals surface area contributed by atoms with Gasteiger partial charge < -0.3 is 14.5 Å². The minimum absolute atomic E-state index is 0.0127. The highest BCUT2D eigenvalue weighted by Crippen LogP contribution is 2.43. The highest BCUT2D eigenvalue weighted by Gasteiger charge is 2.52. The summed E-state index contributed by atoms with van der Waals surface area (Å²) in [6.07, 6.45) is 1.93. The van der Waals surface area contributed by atoms with Crippen molar-refractivity contribution in [2.45, 2.75) is 77.1 Å². The lowest BCUT2D eigenvalue weighted by Crippen LogP contribution is -2.55. The molecule has 2 amide bonds. The van der Waals surface area contributed by atoms with Gasteiger partial charge in [-0.15, -0.1) is 0 Å². The van der Waals surface area contributed by atoms with E-state index >= 15 is 0 Å². The summed E-state index contributed by atoms with van der Waals surface area (Å²) >= 11 is 0. The molecule has 4 rings (SSSR count). The molecule has 2 heterocycles. The lowest BCUT2D eigenvalue weighted by molar-refractivity contribution is -0.128. The third-order valence-corrected chi connectivity index (χ3v) is 6.43. The first kappa shape index (κ1) is 23.8. The molecule has 0 radical (unpaired) electrons. The molecule has 2 aromatic rings. The molecule has 1 aliphatic carbocycles. The number of carbonyl (C=O) groups excluding carboxylic acids is 2. The maximum atomic E-state index is 14.8. The molecule has 1 saturated heterocycles. The second-order valence-corrected chi connectivity index (χ2v) is 10.2. The number of nitrogens with one attached hydrogen (secondary N) is 1. The third kappa shape index (κ3) is 4.93. The fraction of sp³-hybridized carbons (Fsp3) is 0.500. The largest absolute Gasteiger partial charge is 0.461 e. The Morgan fingerprint density at radius 1 is 1.29 bits per heavy atom. The fourth-order valence-electron chi connectivity index (χ4n) is 4.96. The molecule has 180 valence electrons. The Bertz CT molecular complexity index is 1130. The standard InChI is InChI=1S/C26H30FN3O4/c1-15-5-10-22(33-15)17-7-6-16(21(27)13-17)11-19(14-28)29-24(31)23-18-8-9-20(12-18)30(23)25(32)34-26(2,3)4/h5-7,10,13,18-20,23H,8-9,11-12H2,1-4H3,(H,29,31)/t18-,19-,20+,23-/m0/s1. The number of furan rings is 1. The number of amides is 2. The van der Waals surface area contributed by atoms with Crippen molar-refractivity contribution in [1.82, 2.24) is 10.2 Å². The van der Waals surface area contributed by atoms with Crippen LogP contribution in [-0.2, 0) is 16.0 Å². The summed E-state index contributed by atoms with van der Waals surface area (Å²) in [4.78, 5) is 27.5. The van der Waals surface area contributed by atoms with Crippen LogP contribution in [-0.4, -0.2) is 40.6 Å². The van der Waals surface area contributed by atoms with Crippen molar-refractivity contribution in [3.8, 4) is 17.4 Å². The van der Waals surface area contributed by atoms with E-state index in [2.05, 4.69) is 11.4 Å². The number of hydrogen-bond acceptors (Lipinski definition) is 5. The number of piperidine rings is 1. The van der Waals surface area contributed by atoms with Crippen LogP contribution in [0.25, 0.3) is 11.3 Å². The molecule has 8 heteroatoms. The second kappa shape index (κ2) is 9.13. The summed E-state index contributed by atoms with van der Waals surface area (Å²) < 4.78 is 25.9. The molecule has 2 fully saturated rings. The monoisotopic (exact) mass is 467 g/mol. The number of benzene rings is 1. The average Bonchev–Trinajstić information content (AvgIpc) is 3.49. The number of halogens is 1. The van der Waals surface area contributed by atoms with Gasteiger partial charge in [-0.2, -0.15) is 5.26 Å². The first-order chi connectivity index (χ1) is 16.1. The quantitative estimate of drug-likeness (QED) is 0.686. The Kier molecular flexibility index (Phi) is 6.39. The minimum atomic E-state index is -0.932. The van der Waals surface area contributed by atoms with E-state index in [1.807, 2.05) is 6.92 Å². The highest BCUT2D eigenvalue weighted by molar-refractivity contribution is 5.87. The van der Waals surface area contributed by atoms with Gasteiger partial charge in [0.05, 0.1) is 6.07 Å². The predicted molar refractivity (Wildman–Crippen MR) is 123 cm³/mol. The van der Waals surface area contributed by atoms with Crippen LogP contribution in [0.2, 0.25) is 0 Å². The molecule has 1 aliphatic heterocycles. The Hall–Kier alpha value is -3.34. The average molecular weight is 468 g/mol. The third-order valence-electron chi connectivity index (χ3n) is 6.43. The topological polar surface area (TPSA) is 95.6 Å². The zero-order chi connectivity index (χ0) is 24.6. The summed E-state index contributed by atoms with van der Waals surface area (Å²) in [5.41, 5.74) is 0.241. The zero-order valence-corrected chi connectivity index (χ0v) is 19.9. The van der Waals surface area contributed by atoms with Crippen LogP contribution in [0.1, 0.15) is 51.4 Å². The van der Waals surface area contributed by atoms with Crippen molar-refractivity contribution in [2.75, 3.05) is 0 Å². The fourth-order valence-corrected chi connectivity index (χ4v) is 4.96. The molecule has 2 aliphatic rings. The number of ether oxygens (including phenoxy) is 1. The molecule has 0 spiro atoms. The number of likely N-dealkylation sites (tertiary alicyclic amines) is 1. The number of aryl methyl sites for hydroxylation is 1. The molecule has 7 nitrogen and oxygen atoms in total. The summed E-state index contributed by atoms with van der Waals surface area (Å²) in [5, 5.41) is 12.4. The van der Waals surface area contributed by atoms with Crippen LogP contribution in [0.5, 0.6) is 0 Å². The van der Waals surface area contributed by atoms with Crippen molar-refractivity contribution in [3.63, 3.8) is 0 Å². The van der Waals surface area contributed by atoms with E-state index in [-0.39, 0.29) is 18.4 Å². The maximum Gasteiger partial charge on any atom is 0.411 e. The van der Waals surface area contributed by atoms with E-state index in [1.54, 1.807) is 45.0 Å². The molecular weight excluding hydrogens is 437 g/mol. The van der Waals surface area contributed by atoms with Gasteiger partial charge in [-0.3, -0.25) is 9.69 Å². The Labute approximate surface area is 198 Å². The molecule has 34 heavy (non-hydrogen) atoms. The number of hydrogen-bond donors (Lipinski definition) is 1. The molecular formula is C26H30FN3O4. The van der Waals surface area contributed by atoms with Gasteiger partial charge in [-0.05, 0) is 76.6 Å². The Morgan fingerprint density at radius 3 is 2.68 bits per heavy atom. The van der Waals surface area contributed by atoms with Crippen LogP contribution in [0.3, 0.4) is 0 Å². The van der Waals surface area contributed by atoms with E-state index in [0.29, 0.717) is 16.9 Å². The lowest BCUT2D eigenvalue weighted by atomic mass is 9.97. The van der Waals surface area contributed by atoms with E-state index < -0.39 is 35.5 Å². The smallest absolute Gasteiger partial charge is 0.411 e. The van der Waals surface area contributed by atoms with Crippen molar-refractivity contribution < 1.29 is 23.1 Å². The van der Waals surface area contributed by atoms with Gasteiger partial charge in [0.15, 0.2) is 0 Å². The maximum absolute atomic E-state index is 14.8. The van der Waals surface area contributed by atoms with Gasteiger partial charge in [-0.1, -0.05) is 12.1 Å². The number of rotatable bonds is 5. The van der Waals surface area contributed by atoms with E-state index in [0.717, 1.165) is 25.0 Å². The summed E-state index contributed by atoms with van der Waals surface area (Å²) in [6.45, 7) is 7.17. The van der Waals surface area contributed by atoms with Crippen molar-refractivity contribution in [1.29, 1.82) is 5.26 Å². The summed E-state index contributed by atoms with van der Waals surface area (Å²) in [7, 11) is 0. The van der Waals surface area contributed by atoms with Gasteiger partial charge in [0, 0.05) is 18.0 Å². The molecule has 0 unspecified atom stereocenters.